The first kappa shape index (κ1) is 26.1. The zero-order valence-corrected chi connectivity index (χ0v) is 21.7. The van der Waals surface area contributed by atoms with Crippen LogP contribution in [-0.4, -0.2) is 85.8 Å². The Bertz CT molecular complexity index is 1210. The van der Waals surface area contributed by atoms with Crippen molar-refractivity contribution in [3.8, 4) is 17.2 Å². The average molecular weight is 523 g/mol. The maximum Gasteiger partial charge on any atom is 0.295 e. The molecular formula is C29H34N2O7. The Morgan fingerprint density at radius 3 is 2.58 bits per heavy atom. The van der Waals surface area contributed by atoms with Crippen molar-refractivity contribution in [1.82, 2.24) is 9.80 Å². The van der Waals surface area contributed by atoms with Gasteiger partial charge in [-0.3, -0.25) is 14.5 Å². The number of Topliss-reactive ketones (excluding diaryl/α,β-unsaturated/α-hetero) is 1. The Kier molecular flexibility index (Phi) is 8.14. The van der Waals surface area contributed by atoms with E-state index in [0.29, 0.717) is 74.5 Å². The van der Waals surface area contributed by atoms with Gasteiger partial charge in [-0.25, -0.2) is 0 Å². The van der Waals surface area contributed by atoms with Crippen LogP contribution in [0, 0.1) is 0 Å². The molecule has 3 heterocycles. The van der Waals surface area contributed by atoms with Gasteiger partial charge in [0, 0.05) is 31.7 Å². The van der Waals surface area contributed by atoms with Gasteiger partial charge < -0.3 is 29.0 Å². The molecule has 3 aliphatic heterocycles. The van der Waals surface area contributed by atoms with Gasteiger partial charge in [-0.15, -0.1) is 0 Å². The number of carbonyl (C=O) groups is 2. The molecule has 0 aliphatic carbocycles. The van der Waals surface area contributed by atoms with Gasteiger partial charge in [0.1, 0.15) is 24.7 Å². The summed E-state index contributed by atoms with van der Waals surface area (Å²) in [6.07, 6.45) is 1.93. The summed E-state index contributed by atoms with van der Waals surface area (Å²) in [6.45, 7) is 7.29. The van der Waals surface area contributed by atoms with E-state index in [2.05, 4.69) is 11.8 Å². The minimum absolute atomic E-state index is 0.0550. The number of likely N-dealkylation sites (tertiary alicyclic amines) is 1. The van der Waals surface area contributed by atoms with Crippen LogP contribution in [0.15, 0.2) is 48.0 Å². The molecular weight excluding hydrogens is 488 g/mol. The maximum absolute atomic E-state index is 13.4. The van der Waals surface area contributed by atoms with E-state index in [1.165, 1.54) is 0 Å². The van der Waals surface area contributed by atoms with Gasteiger partial charge in [0.25, 0.3) is 11.7 Å². The van der Waals surface area contributed by atoms with E-state index in [4.69, 9.17) is 18.9 Å². The summed E-state index contributed by atoms with van der Waals surface area (Å²) in [7, 11) is 0. The van der Waals surface area contributed by atoms with E-state index in [0.717, 1.165) is 25.9 Å². The molecule has 1 N–H and O–H groups in total. The van der Waals surface area contributed by atoms with E-state index >= 15 is 0 Å². The molecule has 2 saturated heterocycles. The zero-order valence-electron chi connectivity index (χ0n) is 21.7. The van der Waals surface area contributed by atoms with Crippen LogP contribution in [0.2, 0.25) is 0 Å². The number of morpholine rings is 1. The summed E-state index contributed by atoms with van der Waals surface area (Å²) in [5.41, 5.74) is 1.15. The summed E-state index contributed by atoms with van der Waals surface area (Å²) < 4.78 is 22.6. The molecule has 0 aromatic heterocycles. The third-order valence-corrected chi connectivity index (χ3v) is 7.06. The highest BCUT2D eigenvalue weighted by Crippen LogP contribution is 2.41. The number of ketones is 1. The van der Waals surface area contributed by atoms with Crippen LogP contribution in [-0.2, 0) is 14.3 Å². The number of hydrogen-bond acceptors (Lipinski definition) is 8. The number of ether oxygens (including phenoxy) is 4. The van der Waals surface area contributed by atoms with E-state index in [9.17, 15) is 14.7 Å². The van der Waals surface area contributed by atoms with Crippen LogP contribution in [0.3, 0.4) is 0 Å². The first-order valence-corrected chi connectivity index (χ1v) is 13.3. The maximum atomic E-state index is 13.4. The molecule has 2 fully saturated rings. The topological polar surface area (TPSA) is 97.8 Å². The third-order valence-electron chi connectivity index (χ3n) is 7.06. The number of carbonyl (C=O) groups excluding carboxylic acids is 2. The monoisotopic (exact) mass is 522 g/mol. The fraction of sp³-hybridized carbons (Fsp3) is 0.448. The number of aliphatic hydroxyl groups is 1. The first-order chi connectivity index (χ1) is 18.6. The second-order valence-corrected chi connectivity index (χ2v) is 9.58. The Balaban J connectivity index is 1.52. The average Bonchev–Trinajstić information content (AvgIpc) is 3.21. The van der Waals surface area contributed by atoms with Crippen molar-refractivity contribution in [1.29, 1.82) is 0 Å². The molecule has 5 rings (SSSR count). The van der Waals surface area contributed by atoms with Gasteiger partial charge in [0.05, 0.1) is 31.4 Å². The molecule has 0 bridgehead atoms. The third kappa shape index (κ3) is 5.49. The van der Waals surface area contributed by atoms with Crippen LogP contribution < -0.4 is 14.2 Å². The number of aliphatic hydroxyl groups excluding tert-OH is 1. The van der Waals surface area contributed by atoms with Gasteiger partial charge in [0.15, 0.2) is 11.5 Å². The summed E-state index contributed by atoms with van der Waals surface area (Å²) in [5, 5.41) is 11.4. The molecule has 0 unspecified atom stereocenters. The normalized spacial score (nSPS) is 21.1. The number of hydrogen-bond donors (Lipinski definition) is 1. The number of benzene rings is 2. The number of rotatable bonds is 9. The first-order valence-electron chi connectivity index (χ1n) is 13.3. The van der Waals surface area contributed by atoms with Gasteiger partial charge in [0.2, 0.25) is 0 Å². The van der Waals surface area contributed by atoms with Crippen molar-refractivity contribution in [2.45, 2.75) is 25.8 Å². The van der Waals surface area contributed by atoms with Crippen molar-refractivity contribution in [3.63, 3.8) is 0 Å². The highest BCUT2D eigenvalue weighted by molar-refractivity contribution is 6.46. The lowest BCUT2D eigenvalue weighted by molar-refractivity contribution is -0.140. The predicted molar refractivity (Wildman–Crippen MR) is 141 cm³/mol. The van der Waals surface area contributed by atoms with Gasteiger partial charge in [-0.05, 0) is 42.3 Å². The molecule has 0 saturated carbocycles. The quantitative estimate of drug-likeness (QED) is 0.232. The van der Waals surface area contributed by atoms with Gasteiger partial charge in [-0.1, -0.05) is 25.5 Å². The molecule has 1 atom stereocenters. The van der Waals surface area contributed by atoms with Crippen molar-refractivity contribution in [2.75, 3.05) is 59.2 Å². The molecule has 0 radical (unpaired) electrons. The van der Waals surface area contributed by atoms with Crippen LogP contribution in [0.5, 0.6) is 17.2 Å². The van der Waals surface area contributed by atoms with Crippen molar-refractivity contribution in [2.24, 2.45) is 0 Å². The van der Waals surface area contributed by atoms with Crippen molar-refractivity contribution < 1.29 is 33.6 Å². The second kappa shape index (κ2) is 11.9. The minimum atomic E-state index is -0.751. The SMILES string of the molecule is CCCCOc1cccc([C@H]2/C(=C(\O)c3ccc4c(c3)OCCO4)C(=O)C(=O)N2CCN2CCOCC2)c1. The number of nitrogens with zero attached hydrogens (tertiary/aromatic N) is 2. The molecule has 2 aromatic carbocycles. The van der Waals surface area contributed by atoms with E-state index in [1.807, 2.05) is 24.3 Å². The highest BCUT2D eigenvalue weighted by atomic mass is 16.6. The van der Waals surface area contributed by atoms with Gasteiger partial charge >= 0.3 is 0 Å². The second-order valence-electron chi connectivity index (χ2n) is 9.58. The molecule has 2 aromatic rings. The Hall–Kier alpha value is -3.56. The molecule has 202 valence electrons. The van der Waals surface area contributed by atoms with Gasteiger partial charge in [-0.2, -0.15) is 0 Å². The standard InChI is InChI=1S/C29H34N2O7/c1-2-3-13-36-22-6-4-5-20(18-22)26-25(27(32)21-7-8-23-24(19-21)38-17-16-37-23)28(33)29(34)31(26)10-9-30-11-14-35-15-12-30/h4-8,18-19,26,32H,2-3,9-17H2,1H3/b27-25+/t26-/m0/s1. The van der Waals surface area contributed by atoms with Crippen molar-refractivity contribution in [3.05, 3.63) is 59.2 Å². The fourth-order valence-corrected chi connectivity index (χ4v) is 4.99. The smallest absolute Gasteiger partial charge is 0.295 e. The Morgan fingerprint density at radius 1 is 1.00 bits per heavy atom. The lowest BCUT2D eigenvalue weighted by Gasteiger charge is -2.31. The lowest BCUT2D eigenvalue weighted by atomic mass is 9.95. The summed E-state index contributed by atoms with van der Waals surface area (Å²) in [6, 6.07) is 11.7. The molecule has 9 heteroatoms. The van der Waals surface area contributed by atoms with E-state index in [1.54, 1.807) is 23.1 Å². The Morgan fingerprint density at radius 2 is 1.79 bits per heavy atom. The summed E-state index contributed by atoms with van der Waals surface area (Å²) in [4.78, 5) is 30.5. The van der Waals surface area contributed by atoms with Crippen LogP contribution >= 0.6 is 0 Å². The number of amides is 1. The van der Waals surface area contributed by atoms with E-state index in [-0.39, 0.29) is 11.3 Å². The van der Waals surface area contributed by atoms with Crippen LogP contribution in [0.4, 0.5) is 0 Å². The van der Waals surface area contributed by atoms with Crippen molar-refractivity contribution >= 4 is 17.4 Å². The predicted octanol–water partition coefficient (Wildman–Crippen LogP) is 3.39. The number of unbranched alkanes of at least 4 members (excludes halogenated alkanes) is 1. The summed E-state index contributed by atoms with van der Waals surface area (Å²) in [5.74, 6) is 0.156. The fourth-order valence-electron chi connectivity index (χ4n) is 4.99. The lowest BCUT2D eigenvalue weighted by Crippen LogP contribution is -2.42. The highest BCUT2D eigenvalue weighted by Gasteiger charge is 2.46. The molecule has 3 aliphatic rings. The summed E-state index contributed by atoms with van der Waals surface area (Å²) >= 11 is 0. The largest absolute Gasteiger partial charge is 0.507 e. The van der Waals surface area contributed by atoms with Crippen LogP contribution in [0.25, 0.3) is 5.76 Å². The molecule has 1 amide bonds. The zero-order chi connectivity index (χ0) is 26.5. The molecule has 9 nitrogen and oxygen atoms in total. The van der Waals surface area contributed by atoms with Crippen LogP contribution in [0.1, 0.15) is 36.9 Å². The number of fused-ring (bicyclic) bond motifs is 1. The Labute approximate surface area is 222 Å². The molecule has 38 heavy (non-hydrogen) atoms. The molecule has 0 spiro atoms. The van der Waals surface area contributed by atoms with E-state index < -0.39 is 17.7 Å². The minimum Gasteiger partial charge on any atom is -0.507 e.